The minimum Gasteiger partial charge on any atom is -0.489 e. The average molecular weight is 1000 g/mol. The van der Waals surface area contributed by atoms with Gasteiger partial charge in [-0.2, -0.15) is 30.9 Å². The summed E-state index contributed by atoms with van der Waals surface area (Å²) in [6, 6.07) is 13.5. The Morgan fingerprint density at radius 2 is 1.58 bits per heavy atom. The number of hydrogen-bond acceptors (Lipinski definition) is 15. The van der Waals surface area contributed by atoms with Gasteiger partial charge in [0.05, 0.1) is 37.5 Å². The number of ether oxygens (including phenoxy) is 5. The molecule has 0 bridgehead atoms. The number of amides is 3. The van der Waals surface area contributed by atoms with Crippen LogP contribution in [0, 0.1) is 5.92 Å². The van der Waals surface area contributed by atoms with Crippen LogP contribution in [0.5, 0.6) is 11.5 Å². The summed E-state index contributed by atoms with van der Waals surface area (Å²) in [6.07, 6.45) is 12.5. The number of aromatic nitrogens is 1. The number of Topliss-reactive ketones (excluding diaryl/α,β-unsaturated/α-hetero) is 1. The number of thioether (sulfide) groups is 1. The quantitative estimate of drug-likeness (QED) is 0.0447. The minimum absolute atomic E-state index is 0.0834. The number of allylic oxidation sites excluding steroid dienone is 2. The Bertz CT molecular complexity index is 2410. The van der Waals surface area contributed by atoms with Crippen molar-refractivity contribution < 1.29 is 62.0 Å². The van der Waals surface area contributed by atoms with Crippen LogP contribution in [0.3, 0.4) is 0 Å². The second-order valence-electron chi connectivity index (χ2n) is 17.4. The number of H-pyrrole nitrogens is 1. The van der Waals surface area contributed by atoms with Gasteiger partial charge in [-0.1, -0.05) is 31.2 Å². The van der Waals surface area contributed by atoms with E-state index in [0.717, 1.165) is 66.6 Å². The second kappa shape index (κ2) is 29.1. The predicted molar refractivity (Wildman–Crippen MR) is 262 cm³/mol. The van der Waals surface area contributed by atoms with Crippen molar-refractivity contribution in [3.63, 3.8) is 0 Å². The second-order valence-corrected chi connectivity index (χ2v) is 18.7. The van der Waals surface area contributed by atoms with Crippen molar-refractivity contribution in [3.8, 4) is 11.5 Å². The number of ketones is 1. The van der Waals surface area contributed by atoms with Gasteiger partial charge in [-0.3, -0.25) is 19.2 Å². The van der Waals surface area contributed by atoms with Crippen LogP contribution in [-0.2, 0) is 59.7 Å². The van der Waals surface area contributed by atoms with Gasteiger partial charge in [0.25, 0.3) is 5.91 Å². The zero-order valence-electron chi connectivity index (χ0n) is 40.5. The molecule has 4 N–H and O–H groups in total. The molecule has 4 aliphatic rings. The Morgan fingerprint density at radius 1 is 0.901 bits per heavy atom. The van der Waals surface area contributed by atoms with Gasteiger partial charge in [0, 0.05) is 97.0 Å². The lowest BCUT2D eigenvalue weighted by atomic mass is 9.78. The number of para-hydroxylation sites is 1. The van der Waals surface area contributed by atoms with Gasteiger partial charge in [-0.15, -0.1) is 0 Å². The van der Waals surface area contributed by atoms with E-state index >= 15 is 0 Å². The standard InChI is InChI=1S/C50H65N5O9S.2CO2/c1-4-21-63-43-12-6-5-11-38(43)48(59)35-28-34(2)50(3)49-37(17-20-55(50)31-35)39-29-36(15-16-41(39)54-49)64-32-47(58)52-19-10-23-61-25-27-62-26-24-60-22-9-18-51-45(56)14-8-7-13-44-40-30-46(57)53-42(40)33-65-44;2*2-1-3/h4-6,11-12,15-16,28-29,31,40,42,44,54H,1,7-10,13-14,17-27,30,32-33H2,2-3H3,(H,51,56)(H,52,58)(H,53,57);;/t40-,42-,44-,50?;;/m0../s1. The molecule has 4 atom stereocenters. The van der Waals surface area contributed by atoms with Crippen molar-refractivity contribution in [2.45, 2.75) is 82.0 Å². The van der Waals surface area contributed by atoms with Crippen molar-refractivity contribution >= 4 is 58.5 Å². The molecule has 3 aromatic rings. The first kappa shape index (κ1) is 55.6. The Labute approximate surface area is 418 Å². The average Bonchev–Trinajstić information content (AvgIpc) is 4.05. The van der Waals surface area contributed by atoms with E-state index in [1.807, 2.05) is 60.4 Å². The zero-order valence-corrected chi connectivity index (χ0v) is 41.3. The SMILES string of the molecule is C=CCOc1ccccc1C(=O)C1=CN2CCc3c([nH]c4ccc(OCC(=O)NCCCOCCOCCOCCCNC(=O)CCCC[C@@H]5SC[C@@H]6NC(=O)C[C@@H]65)cc34)C2(C)C(C)=C1.O=C=O.O=C=O. The summed E-state index contributed by atoms with van der Waals surface area (Å²) in [5.41, 5.74) is 5.01. The Hall–Kier alpha value is -6.33. The van der Waals surface area contributed by atoms with E-state index in [0.29, 0.717) is 118 Å². The normalized spacial score (nSPS) is 19.3. The summed E-state index contributed by atoms with van der Waals surface area (Å²) < 4.78 is 28.6. The van der Waals surface area contributed by atoms with Gasteiger partial charge < -0.3 is 49.5 Å². The minimum atomic E-state index is -0.468. The highest BCUT2D eigenvalue weighted by molar-refractivity contribution is 8.00. The van der Waals surface area contributed by atoms with Crippen LogP contribution < -0.4 is 25.4 Å². The first-order chi connectivity index (χ1) is 34.5. The maximum Gasteiger partial charge on any atom is 0.373 e. The molecule has 5 heterocycles. The molecule has 0 radical (unpaired) electrons. The largest absolute Gasteiger partial charge is 0.489 e. The molecule has 18 nitrogen and oxygen atoms in total. The number of nitrogens with one attached hydrogen (secondary N) is 4. The zero-order chi connectivity index (χ0) is 51.0. The van der Waals surface area contributed by atoms with Gasteiger partial charge in [0.1, 0.15) is 18.1 Å². The molecule has 7 rings (SSSR count). The van der Waals surface area contributed by atoms with E-state index < -0.39 is 5.54 Å². The summed E-state index contributed by atoms with van der Waals surface area (Å²) in [4.78, 5) is 88.6. The van der Waals surface area contributed by atoms with E-state index in [-0.39, 0.29) is 42.4 Å². The molecule has 2 aromatic carbocycles. The summed E-state index contributed by atoms with van der Waals surface area (Å²) in [7, 11) is 0. The first-order valence-electron chi connectivity index (χ1n) is 24.0. The number of aromatic amines is 1. The number of fused-ring (bicyclic) bond motifs is 6. The molecule has 4 aliphatic heterocycles. The van der Waals surface area contributed by atoms with Crippen molar-refractivity contribution in [2.24, 2.45) is 5.92 Å². The molecule has 2 fully saturated rings. The van der Waals surface area contributed by atoms with Crippen molar-refractivity contribution in [1.29, 1.82) is 0 Å². The molecule has 0 spiro atoms. The summed E-state index contributed by atoms with van der Waals surface area (Å²) in [5.74, 6) is 2.63. The monoisotopic (exact) mass is 999 g/mol. The van der Waals surface area contributed by atoms with Crippen LogP contribution in [0.1, 0.15) is 80.4 Å². The van der Waals surface area contributed by atoms with Crippen LogP contribution in [0.4, 0.5) is 0 Å². The fourth-order valence-corrected chi connectivity index (χ4v) is 10.8. The van der Waals surface area contributed by atoms with Crippen molar-refractivity contribution in [3.05, 3.63) is 95.4 Å². The van der Waals surface area contributed by atoms with Gasteiger partial charge in [0.2, 0.25) is 11.8 Å². The Morgan fingerprint density at radius 3 is 2.28 bits per heavy atom. The molecular formula is C52H65N5O13S. The Kier molecular flexibility index (Phi) is 22.8. The third kappa shape index (κ3) is 15.8. The van der Waals surface area contributed by atoms with Gasteiger partial charge in [0.15, 0.2) is 12.4 Å². The summed E-state index contributed by atoms with van der Waals surface area (Å²) in [5, 5.41) is 10.5. The van der Waals surface area contributed by atoms with Crippen molar-refractivity contribution in [1.82, 2.24) is 25.8 Å². The van der Waals surface area contributed by atoms with E-state index in [2.05, 4.69) is 46.3 Å². The van der Waals surface area contributed by atoms with Crippen LogP contribution >= 0.6 is 11.8 Å². The molecule has 0 saturated carbocycles. The molecular weight excluding hydrogens is 935 g/mol. The van der Waals surface area contributed by atoms with Crippen LogP contribution in [0.25, 0.3) is 10.9 Å². The van der Waals surface area contributed by atoms with Gasteiger partial charge >= 0.3 is 12.3 Å². The highest BCUT2D eigenvalue weighted by Gasteiger charge is 2.44. The number of benzene rings is 2. The van der Waals surface area contributed by atoms with Crippen LogP contribution in [-0.4, -0.2) is 135 Å². The van der Waals surface area contributed by atoms with Crippen LogP contribution in [0.15, 0.2) is 78.5 Å². The van der Waals surface area contributed by atoms with Gasteiger partial charge in [-0.25, -0.2) is 0 Å². The molecule has 71 heavy (non-hydrogen) atoms. The van der Waals surface area contributed by atoms with E-state index in [4.69, 9.17) is 42.9 Å². The molecule has 382 valence electrons. The third-order valence-corrected chi connectivity index (χ3v) is 14.4. The number of rotatable bonds is 27. The van der Waals surface area contributed by atoms with Gasteiger partial charge in [-0.05, 0) is 93.5 Å². The molecule has 3 amide bonds. The summed E-state index contributed by atoms with van der Waals surface area (Å²) in [6.45, 7) is 12.9. The number of unbranched alkanes of at least 4 members (excludes halogenated alkanes) is 1. The Balaban J connectivity index is 0.00000149. The van der Waals surface area contributed by atoms with Crippen LogP contribution in [0.2, 0.25) is 0 Å². The topological polar surface area (TPSA) is 238 Å². The van der Waals surface area contributed by atoms with E-state index in [9.17, 15) is 19.2 Å². The number of hydrogen-bond donors (Lipinski definition) is 4. The first-order valence-corrected chi connectivity index (χ1v) is 25.0. The highest BCUT2D eigenvalue weighted by atomic mass is 32.2. The lowest BCUT2D eigenvalue weighted by Gasteiger charge is -2.47. The number of carbonyl (C=O) groups is 4. The highest BCUT2D eigenvalue weighted by Crippen LogP contribution is 2.46. The van der Waals surface area contributed by atoms with Crippen molar-refractivity contribution in [2.75, 3.05) is 78.2 Å². The lowest BCUT2D eigenvalue weighted by molar-refractivity contribution is -0.193. The fraction of sp³-hybridized carbons (Fsp3) is 0.500. The molecule has 1 aromatic heterocycles. The molecule has 19 heteroatoms. The van der Waals surface area contributed by atoms with E-state index in [1.165, 1.54) is 5.56 Å². The lowest BCUT2D eigenvalue weighted by Crippen LogP contribution is -2.48. The predicted octanol–water partition coefficient (Wildman–Crippen LogP) is 4.99. The maximum absolute atomic E-state index is 13.8. The smallest absolute Gasteiger partial charge is 0.373 e. The number of nitrogens with zero attached hydrogens (tertiary/aromatic N) is 1. The number of carbonyl (C=O) groups excluding carboxylic acids is 8. The molecule has 0 aliphatic carbocycles. The molecule has 2 saturated heterocycles. The maximum atomic E-state index is 13.8. The fourth-order valence-electron chi connectivity index (χ4n) is 9.19. The molecule has 1 unspecified atom stereocenters. The van der Waals surface area contributed by atoms with E-state index in [1.54, 1.807) is 12.1 Å². The summed E-state index contributed by atoms with van der Waals surface area (Å²) >= 11 is 1.97. The third-order valence-electron chi connectivity index (χ3n) is 12.8.